The smallest absolute Gasteiger partial charge is 0.249 e. The van der Waals surface area contributed by atoms with Gasteiger partial charge in [0.1, 0.15) is 6.61 Å². The van der Waals surface area contributed by atoms with Gasteiger partial charge in [-0.3, -0.25) is 0 Å². The van der Waals surface area contributed by atoms with Crippen molar-refractivity contribution < 1.29 is 14.9 Å². The molecule has 1 aliphatic carbocycles. The number of nitrogen functional groups attached to an aromatic ring is 1. The number of aliphatic hydroxyl groups is 2. The summed E-state index contributed by atoms with van der Waals surface area (Å²) < 4.78 is 7.35. The third-order valence-corrected chi connectivity index (χ3v) is 5.11. The van der Waals surface area contributed by atoms with Crippen LogP contribution < -0.4 is 10.5 Å². The molecule has 1 fully saturated rings. The SMILES string of the molecule is Nc1nc(OCc2ccccc2)c2nnn(C3(CO)CCC3CO)c2n1. The minimum atomic E-state index is -0.721. The summed E-state index contributed by atoms with van der Waals surface area (Å²) in [5.74, 6) is 0.176. The second kappa shape index (κ2) is 6.50. The van der Waals surface area contributed by atoms with Crippen molar-refractivity contribution in [2.45, 2.75) is 25.0 Å². The van der Waals surface area contributed by atoms with E-state index in [0.717, 1.165) is 12.0 Å². The van der Waals surface area contributed by atoms with Crippen LogP contribution in [0, 0.1) is 5.92 Å². The van der Waals surface area contributed by atoms with Gasteiger partial charge >= 0.3 is 0 Å². The van der Waals surface area contributed by atoms with Crippen molar-refractivity contribution in [1.29, 1.82) is 0 Å². The van der Waals surface area contributed by atoms with Gasteiger partial charge in [0.15, 0.2) is 11.2 Å². The van der Waals surface area contributed by atoms with Crippen molar-refractivity contribution in [3.63, 3.8) is 0 Å². The molecule has 2 heterocycles. The zero-order valence-electron chi connectivity index (χ0n) is 14.1. The summed E-state index contributed by atoms with van der Waals surface area (Å²) in [6, 6.07) is 9.67. The van der Waals surface area contributed by atoms with E-state index >= 15 is 0 Å². The molecule has 0 bridgehead atoms. The zero-order valence-corrected chi connectivity index (χ0v) is 14.1. The molecule has 2 atom stereocenters. The quantitative estimate of drug-likeness (QED) is 0.581. The highest BCUT2D eigenvalue weighted by atomic mass is 16.5. The molecule has 2 aromatic heterocycles. The van der Waals surface area contributed by atoms with Crippen LogP contribution in [-0.4, -0.2) is 48.4 Å². The molecular formula is C17H20N6O3. The van der Waals surface area contributed by atoms with Crippen molar-refractivity contribution in [3.05, 3.63) is 35.9 Å². The molecule has 0 saturated heterocycles. The van der Waals surface area contributed by atoms with Crippen molar-refractivity contribution in [3.8, 4) is 5.88 Å². The van der Waals surface area contributed by atoms with E-state index in [1.165, 1.54) is 0 Å². The fraction of sp³-hybridized carbons (Fsp3) is 0.412. The molecule has 9 nitrogen and oxygen atoms in total. The molecule has 0 amide bonds. The van der Waals surface area contributed by atoms with Crippen LogP contribution in [0.3, 0.4) is 0 Å². The minimum Gasteiger partial charge on any atom is -0.471 e. The number of benzene rings is 1. The lowest BCUT2D eigenvalue weighted by Gasteiger charge is -2.47. The maximum Gasteiger partial charge on any atom is 0.249 e. The highest BCUT2D eigenvalue weighted by molar-refractivity contribution is 5.77. The summed E-state index contributed by atoms with van der Waals surface area (Å²) in [4.78, 5) is 8.39. The second-order valence-corrected chi connectivity index (χ2v) is 6.51. The molecule has 2 unspecified atom stereocenters. The molecular weight excluding hydrogens is 336 g/mol. The Morgan fingerprint density at radius 1 is 1.23 bits per heavy atom. The number of fused-ring (bicyclic) bond motifs is 1. The van der Waals surface area contributed by atoms with Gasteiger partial charge in [-0.05, 0) is 18.4 Å². The summed E-state index contributed by atoms with van der Waals surface area (Å²) >= 11 is 0. The highest BCUT2D eigenvalue weighted by Crippen LogP contribution is 2.45. The number of ether oxygens (including phenoxy) is 1. The summed E-state index contributed by atoms with van der Waals surface area (Å²) in [6.07, 6.45) is 1.48. The lowest BCUT2D eigenvalue weighted by Crippen LogP contribution is -2.54. The van der Waals surface area contributed by atoms with E-state index in [9.17, 15) is 10.2 Å². The topological polar surface area (TPSA) is 132 Å². The second-order valence-electron chi connectivity index (χ2n) is 6.51. The van der Waals surface area contributed by atoms with E-state index in [-0.39, 0.29) is 31.0 Å². The maximum atomic E-state index is 9.95. The van der Waals surface area contributed by atoms with Gasteiger partial charge < -0.3 is 20.7 Å². The Morgan fingerprint density at radius 3 is 2.69 bits per heavy atom. The summed E-state index contributed by atoms with van der Waals surface area (Å²) in [5.41, 5.74) is 6.89. The van der Waals surface area contributed by atoms with E-state index in [1.807, 2.05) is 30.3 Å². The third-order valence-electron chi connectivity index (χ3n) is 5.11. The van der Waals surface area contributed by atoms with E-state index < -0.39 is 5.54 Å². The summed E-state index contributed by atoms with van der Waals surface area (Å²) in [7, 11) is 0. The fourth-order valence-corrected chi connectivity index (χ4v) is 3.43. The number of aliphatic hydroxyl groups excluding tert-OH is 2. The van der Waals surface area contributed by atoms with E-state index in [0.29, 0.717) is 24.2 Å². The molecule has 4 rings (SSSR count). The molecule has 1 saturated carbocycles. The summed E-state index contributed by atoms with van der Waals surface area (Å²) in [6.45, 7) is 0.101. The van der Waals surface area contributed by atoms with Crippen LogP contribution in [0.5, 0.6) is 5.88 Å². The predicted octanol–water partition coefficient (Wildman–Crippen LogP) is 0.472. The van der Waals surface area contributed by atoms with Crippen LogP contribution in [0.15, 0.2) is 30.3 Å². The van der Waals surface area contributed by atoms with E-state index in [1.54, 1.807) is 4.68 Å². The number of nitrogens with zero attached hydrogens (tertiary/aromatic N) is 5. The molecule has 4 N–H and O–H groups in total. The Bertz CT molecular complexity index is 910. The molecule has 0 radical (unpaired) electrons. The Kier molecular flexibility index (Phi) is 4.17. The summed E-state index contributed by atoms with van der Waals surface area (Å²) in [5, 5.41) is 27.9. The number of hydrogen-bond donors (Lipinski definition) is 3. The minimum absolute atomic E-state index is 0.0390. The monoisotopic (exact) mass is 356 g/mol. The molecule has 1 aromatic carbocycles. The first kappa shape index (κ1) is 16.7. The van der Waals surface area contributed by atoms with Crippen molar-refractivity contribution in [2.24, 2.45) is 5.92 Å². The zero-order chi connectivity index (χ0) is 18.1. The van der Waals surface area contributed by atoms with E-state index in [4.69, 9.17) is 10.5 Å². The van der Waals surface area contributed by atoms with Gasteiger partial charge in [0.25, 0.3) is 0 Å². The average Bonchev–Trinajstić information content (AvgIpc) is 3.05. The molecule has 0 aliphatic heterocycles. The number of nitrogens with two attached hydrogens (primary N) is 1. The Morgan fingerprint density at radius 2 is 2.04 bits per heavy atom. The van der Waals surface area contributed by atoms with Crippen LogP contribution in [0.4, 0.5) is 5.95 Å². The van der Waals surface area contributed by atoms with Gasteiger partial charge in [-0.2, -0.15) is 9.97 Å². The Hall–Kier alpha value is -2.78. The normalized spacial score (nSPS) is 22.3. The van der Waals surface area contributed by atoms with Crippen molar-refractivity contribution in [2.75, 3.05) is 18.9 Å². The molecule has 9 heteroatoms. The van der Waals surface area contributed by atoms with Crippen LogP contribution >= 0.6 is 0 Å². The van der Waals surface area contributed by atoms with Crippen LogP contribution in [0.25, 0.3) is 11.2 Å². The fourth-order valence-electron chi connectivity index (χ4n) is 3.43. The first-order valence-electron chi connectivity index (χ1n) is 8.46. The largest absolute Gasteiger partial charge is 0.471 e. The first-order chi connectivity index (χ1) is 12.7. The first-order valence-corrected chi connectivity index (χ1v) is 8.46. The van der Waals surface area contributed by atoms with Crippen LogP contribution in [-0.2, 0) is 12.1 Å². The lowest BCUT2D eigenvalue weighted by atomic mass is 9.67. The Balaban J connectivity index is 1.71. The Labute approximate surface area is 149 Å². The predicted molar refractivity (Wildman–Crippen MR) is 93.2 cm³/mol. The van der Waals surface area contributed by atoms with Crippen molar-refractivity contribution in [1.82, 2.24) is 25.0 Å². The van der Waals surface area contributed by atoms with Crippen molar-refractivity contribution >= 4 is 17.1 Å². The number of anilines is 1. The number of rotatable bonds is 6. The van der Waals surface area contributed by atoms with Gasteiger partial charge in [0, 0.05) is 12.5 Å². The highest BCUT2D eigenvalue weighted by Gasteiger charge is 2.50. The van der Waals surface area contributed by atoms with E-state index in [2.05, 4.69) is 20.3 Å². The standard InChI is InChI=1S/C17H20N6O3/c18-16-19-14-13(15(20-16)26-9-11-4-2-1-3-5-11)21-22-23(14)17(10-25)7-6-12(17)8-24/h1-5,12,24-25H,6-10H2,(H2,18,19,20). The molecule has 26 heavy (non-hydrogen) atoms. The van der Waals surface area contributed by atoms with Gasteiger partial charge in [-0.25, -0.2) is 4.68 Å². The molecule has 136 valence electrons. The van der Waals surface area contributed by atoms with Gasteiger partial charge in [0.05, 0.1) is 12.1 Å². The molecule has 3 aromatic rings. The number of aromatic nitrogens is 5. The lowest BCUT2D eigenvalue weighted by molar-refractivity contribution is -0.0479. The van der Waals surface area contributed by atoms with Gasteiger partial charge in [0.2, 0.25) is 11.8 Å². The average molecular weight is 356 g/mol. The number of hydrogen-bond acceptors (Lipinski definition) is 8. The molecule has 1 aliphatic rings. The maximum absolute atomic E-state index is 9.95. The van der Waals surface area contributed by atoms with Gasteiger partial charge in [-0.15, -0.1) is 5.10 Å². The third kappa shape index (κ3) is 2.56. The van der Waals surface area contributed by atoms with Crippen LogP contribution in [0.2, 0.25) is 0 Å². The molecule has 0 spiro atoms. The van der Waals surface area contributed by atoms with Crippen LogP contribution in [0.1, 0.15) is 18.4 Å². The van der Waals surface area contributed by atoms with Gasteiger partial charge in [-0.1, -0.05) is 35.5 Å².